The van der Waals surface area contributed by atoms with Gasteiger partial charge in [-0.25, -0.2) is 4.57 Å². The van der Waals surface area contributed by atoms with E-state index in [0.29, 0.717) is 6.42 Å². The molecule has 0 fully saturated rings. The summed E-state index contributed by atoms with van der Waals surface area (Å²) in [6.45, 7) is 3.75. The summed E-state index contributed by atoms with van der Waals surface area (Å²) in [4.78, 5) is 35.0. The number of ether oxygens (including phenoxy) is 2. The van der Waals surface area contributed by atoms with Gasteiger partial charge in [0.05, 0.1) is 13.2 Å². The van der Waals surface area contributed by atoms with Gasteiger partial charge in [0, 0.05) is 19.4 Å². The van der Waals surface area contributed by atoms with E-state index >= 15 is 0 Å². The maximum Gasteiger partial charge on any atom is 0.472 e. The molecule has 0 amide bonds. The Kier molecular flexibility index (Phi) is 43.9. The van der Waals surface area contributed by atoms with Crippen LogP contribution in [0.5, 0.6) is 0 Å². The molecule has 0 aliphatic heterocycles. The molecule has 0 rings (SSSR count). The molecule has 0 aliphatic carbocycles. The van der Waals surface area contributed by atoms with E-state index in [9.17, 15) is 19.0 Å². The molecule has 58 heavy (non-hydrogen) atoms. The summed E-state index contributed by atoms with van der Waals surface area (Å²) >= 11 is 0. The number of carbonyl (C=O) groups is 2. The van der Waals surface area contributed by atoms with Gasteiger partial charge in [-0.1, -0.05) is 205 Å². The molecular weight excluding hydrogens is 750 g/mol. The zero-order valence-corrected chi connectivity index (χ0v) is 38.7. The fourth-order valence-corrected chi connectivity index (χ4v) is 7.73. The average Bonchev–Trinajstić information content (AvgIpc) is 3.21. The van der Waals surface area contributed by atoms with Crippen molar-refractivity contribution in [3.05, 3.63) is 24.3 Å². The third-order valence-electron chi connectivity index (χ3n) is 10.6. The zero-order chi connectivity index (χ0) is 42.5. The fraction of sp³-hybridized carbons (Fsp3) is 0.875. The number of nitrogens with two attached hydrogens (primary N) is 1. The van der Waals surface area contributed by atoms with Gasteiger partial charge >= 0.3 is 19.8 Å². The first-order valence-corrected chi connectivity index (χ1v) is 25.8. The minimum absolute atomic E-state index is 0.0548. The maximum absolute atomic E-state index is 12.6. The third kappa shape index (κ3) is 44.1. The molecular formula is C48H92NO8P. The van der Waals surface area contributed by atoms with Crippen LogP contribution in [0, 0.1) is 0 Å². The molecule has 0 aromatic rings. The molecule has 0 radical (unpaired) electrons. The fourth-order valence-electron chi connectivity index (χ4n) is 6.96. The van der Waals surface area contributed by atoms with Crippen molar-refractivity contribution >= 4 is 19.8 Å². The predicted molar refractivity (Wildman–Crippen MR) is 243 cm³/mol. The van der Waals surface area contributed by atoms with Gasteiger partial charge in [-0.3, -0.25) is 18.6 Å². The van der Waals surface area contributed by atoms with Crippen molar-refractivity contribution in [2.24, 2.45) is 5.73 Å². The van der Waals surface area contributed by atoms with Gasteiger partial charge in [0.2, 0.25) is 0 Å². The van der Waals surface area contributed by atoms with E-state index in [1.54, 1.807) is 0 Å². The van der Waals surface area contributed by atoms with Crippen molar-refractivity contribution in [1.82, 2.24) is 0 Å². The molecule has 2 atom stereocenters. The smallest absolute Gasteiger partial charge is 0.462 e. The first-order chi connectivity index (χ1) is 28.3. The maximum atomic E-state index is 12.6. The Morgan fingerprint density at radius 3 is 1.34 bits per heavy atom. The molecule has 1 unspecified atom stereocenters. The van der Waals surface area contributed by atoms with Crippen LogP contribution in [0.4, 0.5) is 0 Å². The van der Waals surface area contributed by atoms with Crippen LogP contribution in [0.3, 0.4) is 0 Å². The first kappa shape index (κ1) is 56.5. The third-order valence-corrected chi connectivity index (χ3v) is 11.6. The van der Waals surface area contributed by atoms with Crippen LogP contribution in [-0.4, -0.2) is 49.3 Å². The highest BCUT2D eigenvalue weighted by Gasteiger charge is 2.26. The van der Waals surface area contributed by atoms with Crippen molar-refractivity contribution in [3.63, 3.8) is 0 Å². The number of phosphoric acid groups is 1. The van der Waals surface area contributed by atoms with E-state index in [-0.39, 0.29) is 38.6 Å². The molecule has 0 saturated heterocycles. The van der Waals surface area contributed by atoms with E-state index in [4.69, 9.17) is 24.3 Å². The van der Waals surface area contributed by atoms with E-state index in [1.807, 2.05) is 0 Å². The Hall–Kier alpha value is -1.51. The lowest BCUT2D eigenvalue weighted by Crippen LogP contribution is -2.29. The highest BCUT2D eigenvalue weighted by atomic mass is 31.2. The minimum atomic E-state index is -4.38. The van der Waals surface area contributed by atoms with Gasteiger partial charge < -0.3 is 20.1 Å². The van der Waals surface area contributed by atoms with E-state index in [1.165, 1.54) is 167 Å². The molecule has 0 aliphatic rings. The Balaban J connectivity index is 4.06. The zero-order valence-electron chi connectivity index (χ0n) is 37.8. The number of rotatable bonds is 46. The van der Waals surface area contributed by atoms with Gasteiger partial charge in [-0.15, -0.1) is 0 Å². The van der Waals surface area contributed by atoms with Crippen LogP contribution in [-0.2, 0) is 32.7 Å². The van der Waals surface area contributed by atoms with Crippen LogP contribution in [0.15, 0.2) is 24.3 Å². The van der Waals surface area contributed by atoms with Crippen LogP contribution in [0.1, 0.15) is 239 Å². The summed E-state index contributed by atoms with van der Waals surface area (Å²) < 4.78 is 32.9. The number of carbonyl (C=O) groups excluding carboxylic acids is 2. The predicted octanol–water partition coefficient (Wildman–Crippen LogP) is 14.3. The monoisotopic (exact) mass is 842 g/mol. The first-order valence-electron chi connectivity index (χ1n) is 24.3. The van der Waals surface area contributed by atoms with Crippen molar-refractivity contribution < 1.29 is 37.6 Å². The number of unbranched alkanes of at least 4 members (excludes halogenated alkanes) is 29. The van der Waals surface area contributed by atoms with Crippen LogP contribution >= 0.6 is 7.82 Å². The highest BCUT2D eigenvalue weighted by Crippen LogP contribution is 2.43. The molecule has 3 N–H and O–H groups in total. The second-order valence-electron chi connectivity index (χ2n) is 16.3. The Bertz CT molecular complexity index is 1010. The Morgan fingerprint density at radius 2 is 0.897 bits per heavy atom. The summed E-state index contributed by atoms with van der Waals surface area (Å²) in [6, 6.07) is 0. The lowest BCUT2D eigenvalue weighted by molar-refractivity contribution is -0.161. The van der Waals surface area contributed by atoms with E-state index in [2.05, 4.69) is 38.2 Å². The van der Waals surface area contributed by atoms with Gasteiger partial charge in [0.25, 0.3) is 0 Å². The molecule has 0 bridgehead atoms. The number of hydrogen-bond acceptors (Lipinski definition) is 8. The standard InChI is InChI=1S/C48H92NO8P/c1-3-5-7-9-11-13-15-17-19-21-23-25-26-28-30-32-34-36-38-40-47(50)54-44-46(45-56-58(52,53)55-43-42-49)57-48(51)41-39-37-35-33-31-29-27-24-22-20-18-16-14-12-10-8-6-4-2/h11,13,17,19,46H,3-10,12,14-16,18,20-45,49H2,1-2H3,(H,52,53)/b13-11+,19-17+/t46-/m1/s1. The number of esters is 2. The second kappa shape index (κ2) is 45.0. The van der Waals surface area contributed by atoms with Crippen LogP contribution in [0.2, 0.25) is 0 Å². The lowest BCUT2D eigenvalue weighted by atomic mass is 10.0. The summed E-state index contributed by atoms with van der Waals surface area (Å²) in [5.74, 6) is -0.821. The SMILES string of the molecule is CCCCC/C=C/C/C=C/CCCCCCCCCCCC(=O)OC[C@H](COP(=O)(O)OCCN)OC(=O)CCCCCCCCCCCCCCCCCCCC. The number of allylic oxidation sites excluding steroid dienone is 4. The molecule has 10 heteroatoms. The molecule has 0 heterocycles. The van der Waals surface area contributed by atoms with Crippen LogP contribution in [0.25, 0.3) is 0 Å². The summed E-state index contributed by atoms with van der Waals surface area (Å²) in [5, 5.41) is 0. The van der Waals surface area contributed by atoms with E-state index < -0.39 is 26.5 Å². The van der Waals surface area contributed by atoms with E-state index in [0.717, 1.165) is 38.5 Å². The van der Waals surface area contributed by atoms with Crippen molar-refractivity contribution in [2.75, 3.05) is 26.4 Å². The molecule has 342 valence electrons. The summed E-state index contributed by atoms with van der Waals surface area (Å²) in [7, 11) is -4.38. The lowest BCUT2D eigenvalue weighted by Gasteiger charge is -2.19. The molecule has 0 aromatic heterocycles. The van der Waals surface area contributed by atoms with Crippen molar-refractivity contribution in [2.45, 2.75) is 245 Å². The van der Waals surface area contributed by atoms with Crippen molar-refractivity contribution in [3.8, 4) is 0 Å². The molecule has 0 spiro atoms. The summed E-state index contributed by atoms with van der Waals surface area (Å²) in [6.07, 6.45) is 49.2. The van der Waals surface area contributed by atoms with Gasteiger partial charge in [0.15, 0.2) is 6.10 Å². The van der Waals surface area contributed by atoms with Gasteiger partial charge in [-0.2, -0.15) is 0 Å². The molecule has 0 aromatic carbocycles. The van der Waals surface area contributed by atoms with Gasteiger partial charge in [0.1, 0.15) is 6.61 Å². The minimum Gasteiger partial charge on any atom is -0.462 e. The molecule has 9 nitrogen and oxygen atoms in total. The number of hydrogen-bond donors (Lipinski definition) is 2. The largest absolute Gasteiger partial charge is 0.472 e. The normalized spacial score (nSPS) is 13.4. The average molecular weight is 842 g/mol. The topological polar surface area (TPSA) is 134 Å². The second-order valence-corrected chi connectivity index (χ2v) is 17.8. The van der Waals surface area contributed by atoms with Crippen molar-refractivity contribution in [1.29, 1.82) is 0 Å². The van der Waals surface area contributed by atoms with Crippen LogP contribution < -0.4 is 5.73 Å². The van der Waals surface area contributed by atoms with Gasteiger partial charge in [-0.05, 0) is 44.9 Å². The molecule has 0 saturated carbocycles. The quantitative estimate of drug-likeness (QED) is 0.0266. The number of phosphoric ester groups is 1. The Morgan fingerprint density at radius 1 is 0.517 bits per heavy atom. The highest BCUT2D eigenvalue weighted by molar-refractivity contribution is 7.47. The summed E-state index contributed by atoms with van der Waals surface area (Å²) in [5.41, 5.74) is 5.36. The Labute approximate surface area is 357 Å².